The van der Waals surface area contributed by atoms with Gasteiger partial charge in [-0.3, -0.25) is 0 Å². The molecule has 1 heterocycles. The number of nitrogens with zero attached hydrogens (tertiary/aromatic N) is 2. The normalized spacial score (nSPS) is 10.1. The molecule has 0 aliphatic heterocycles. The zero-order chi connectivity index (χ0) is 11.4. The molecule has 1 rings (SSSR count). The second kappa shape index (κ2) is 5.07. The Kier molecular flexibility index (Phi) is 4.03. The van der Waals surface area contributed by atoms with Gasteiger partial charge in [-0.2, -0.15) is 0 Å². The Morgan fingerprint density at radius 3 is 2.53 bits per heavy atom. The molecule has 3 nitrogen and oxygen atoms in total. The third kappa shape index (κ3) is 2.45. The van der Waals surface area contributed by atoms with Crippen LogP contribution in [0.25, 0.3) is 0 Å². The van der Waals surface area contributed by atoms with Crippen LogP contribution in [-0.4, -0.2) is 23.1 Å². The van der Waals surface area contributed by atoms with E-state index in [4.69, 9.17) is 18.0 Å². The van der Waals surface area contributed by atoms with E-state index in [0.717, 1.165) is 30.0 Å². The Labute approximate surface area is 96.3 Å². The second-order valence-electron chi connectivity index (χ2n) is 3.36. The van der Waals surface area contributed by atoms with Crippen molar-refractivity contribution >= 4 is 23.0 Å². The zero-order valence-electron chi connectivity index (χ0n) is 9.45. The van der Waals surface area contributed by atoms with Crippen LogP contribution in [-0.2, 0) is 0 Å². The van der Waals surface area contributed by atoms with Crippen LogP contribution in [0.5, 0.6) is 0 Å². The van der Waals surface area contributed by atoms with E-state index in [9.17, 15) is 0 Å². The molecule has 2 N–H and O–H groups in total. The van der Waals surface area contributed by atoms with E-state index in [1.807, 2.05) is 13.0 Å². The minimum absolute atomic E-state index is 0.419. The summed E-state index contributed by atoms with van der Waals surface area (Å²) in [6, 6.07) is 1.93. The Bertz CT molecular complexity index is 359. The third-order valence-electron chi connectivity index (χ3n) is 2.45. The minimum atomic E-state index is 0.419. The monoisotopic (exact) mass is 223 g/mol. The first kappa shape index (κ1) is 11.9. The highest BCUT2D eigenvalue weighted by molar-refractivity contribution is 7.80. The maximum atomic E-state index is 5.73. The number of hydrogen-bond acceptors (Lipinski definition) is 3. The predicted octanol–water partition coefficient (Wildman–Crippen LogP) is 1.87. The number of pyridine rings is 1. The van der Waals surface area contributed by atoms with Crippen molar-refractivity contribution in [3.05, 3.63) is 23.4 Å². The lowest BCUT2D eigenvalue weighted by Gasteiger charge is -2.23. The molecule has 0 bridgehead atoms. The van der Waals surface area contributed by atoms with Crippen LogP contribution in [0.15, 0.2) is 12.3 Å². The lowest BCUT2D eigenvalue weighted by Crippen LogP contribution is -2.27. The maximum Gasteiger partial charge on any atom is 0.139 e. The van der Waals surface area contributed by atoms with Crippen LogP contribution in [0.3, 0.4) is 0 Å². The number of hydrogen-bond donors (Lipinski definition) is 1. The highest BCUT2D eigenvalue weighted by Gasteiger charge is 2.13. The fourth-order valence-corrected chi connectivity index (χ4v) is 1.86. The summed E-state index contributed by atoms with van der Waals surface area (Å²) in [6.07, 6.45) is 1.80. The quantitative estimate of drug-likeness (QED) is 0.791. The van der Waals surface area contributed by atoms with Gasteiger partial charge in [-0.1, -0.05) is 12.2 Å². The van der Waals surface area contributed by atoms with Gasteiger partial charge in [0.1, 0.15) is 10.8 Å². The number of aryl methyl sites for hydroxylation is 1. The lowest BCUT2D eigenvalue weighted by molar-refractivity contribution is 0.843. The summed E-state index contributed by atoms with van der Waals surface area (Å²) in [5, 5.41) is 0. The Morgan fingerprint density at radius 1 is 1.47 bits per heavy atom. The summed E-state index contributed by atoms with van der Waals surface area (Å²) < 4.78 is 0. The van der Waals surface area contributed by atoms with E-state index in [0.29, 0.717) is 4.99 Å². The molecule has 1 aromatic heterocycles. The fourth-order valence-electron chi connectivity index (χ4n) is 1.61. The maximum absolute atomic E-state index is 5.73. The van der Waals surface area contributed by atoms with Crippen molar-refractivity contribution in [3.63, 3.8) is 0 Å². The number of aromatic nitrogens is 1. The van der Waals surface area contributed by atoms with Crippen LogP contribution < -0.4 is 10.6 Å². The third-order valence-corrected chi connectivity index (χ3v) is 2.65. The first-order chi connectivity index (χ1) is 7.11. The number of nitrogens with two attached hydrogens (primary N) is 1. The van der Waals surface area contributed by atoms with Crippen molar-refractivity contribution in [1.82, 2.24) is 4.98 Å². The molecule has 0 aliphatic carbocycles. The van der Waals surface area contributed by atoms with Crippen molar-refractivity contribution in [3.8, 4) is 0 Å². The summed E-state index contributed by atoms with van der Waals surface area (Å²) in [5.41, 5.74) is 7.71. The van der Waals surface area contributed by atoms with Crippen LogP contribution in [0.1, 0.15) is 25.0 Å². The molecule has 82 valence electrons. The predicted molar refractivity (Wildman–Crippen MR) is 68.4 cm³/mol. The SMILES string of the molecule is CCN(CC)c1nccc(C)c1C(N)=S. The van der Waals surface area contributed by atoms with Crippen LogP contribution in [0, 0.1) is 6.92 Å². The molecule has 0 saturated heterocycles. The topological polar surface area (TPSA) is 42.2 Å². The molecule has 15 heavy (non-hydrogen) atoms. The minimum Gasteiger partial charge on any atom is -0.389 e. The molecule has 0 aliphatic rings. The summed E-state index contributed by atoms with van der Waals surface area (Å²) in [4.78, 5) is 6.93. The standard InChI is InChI=1S/C11H17N3S/c1-4-14(5-2)11-9(10(12)15)8(3)6-7-13-11/h6-7H,4-5H2,1-3H3,(H2,12,15). The largest absolute Gasteiger partial charge is 0.389 e. The summed E-state index contributed by atoms with van der Waals surface area (Å²) in [5.74, 6) is 0.896. The summed E-state index contributed by atoms with van der Waals surface area (Å²) in [6.45, 7) is 8.00. The van der Waals surface area contributed by atoms with Crippen LogP contribution in [0.4, 0.5) is 5.82 Å². The zero-order valence-corrected chi connectivity index (χ0v) is 10.3. The molecule has 0 spiro atoms. The molecular formula is C11H17N3S. The number of thiocarbonyl (C=S) groups is 1. The smallest absolute Gasteiger partial charge is 0.139 e. The van der Waals surface area contributed by atoms with E-state index in [2.05, 4.69) is 23.7 Å². The first-order valence-corrected chi connectivity index (χ1v) is 5.53. The summed E-state index contributed by atoms with van der Waals surface area (Å²) in [7, 11) is 0. The second-order valence-corrected chi connectivity index (χ2v) is 3.80. The molecule has 0 aromatic carbocycles. The molecule has 0 unspecified atom stereocenters. The van der Waals surface area contributed by atoms with E-state index in [-0.39, 0.29) is 0 Å². The van der Waals surface area contributed by atoms with Crippen LogP contribution >= 0.6 is 12.2 Å². The molecular weight excluding hydrogens is 206 g/mol. The van der Waals surface area contributed by atoms with Gasteiger partial charge in [0, 0.05) is 19.3 Å². The Hall–Kier alpha value is -1.16. The van der Waals surface area contributed by atoms with Gasteiger partial charge in [-0.15, -0.1) is 0 Å². The van der Waals surface area contributed by atoms with Crippen molar-refractivity contribution < 1.29 is 0 Å². The average molecular weight is 223 g/mol. The molecule has 0 fully saturated rings. The lowest BCUT2D eigenvalue weighted by atomic mass is 10.1. The van der Waals surface area contributed by atoms with Crippen molar-refractivity contribution in [1.29, 1.82) is 0 Å². The average Bonchev–Trinajstić information content (AvgIpc) is 2.19. The molecule has 0 amide bonds. The number of anilines is 1. The molecule has 0 saturated carbocycles. The van der Waals surface area contributed by atoms with Crippen molar-refractivity contribution in [2.24, 2.45) is 5.73 Å². The van der Waals surface area contributed by atoms with Gasteiger partial charge in [0.15, 0.2) is 0 Å². The highest BCUT2D eigenvalue weighted by Crippen LogP contribution is 2.20. The Morgan fingerprint density at radius 2 is 2.07 bits per heavy atom. The summed E-state index contributed by atoms with van der Waals surface area (Å²) >= 11 is 5.06. The van der Waals surface area contributed by atoms with E-state index >= 15 is 0 Å². The molecule has 1 aromatic rings. The van der Waals surface area contributed by atoms with Gasteiger partial charge < -0.3 is 10.6 Å². The molecule has 0 radical (unpaired) electrons. The van der Waals surface area contributed by atoms with E-state index < -0.39 is 0 Å². The van der Waals surface area contributed by atoms with E-state index in [1.165, 1.54) is 0 Å². The van der Waals surface area contributed by atoms with Crippen LogP contribution in [0.2, 0.25) is 0 Å². The van der Waals surface area contributed by atoms with Crippen molar-refractivity contribution in [2.75, 3.05) is 18.0 Å². The first-order valence-electron chi connectivity index (χ1n) is 5.12. The Balaban J connectivity index is 3.27. The van der Waals surface area contributed by atoms with Gasteiger partial charge >= 0.3 is 0 Å². The highest BCUT2D eigenvalue weighted by atomic mass is 32.1. The van der Waals surface area contributed by atoms with E-state index in [1.54, 1.807) is 6.20 Å². The molecule has 0 atom stereocenters. The molecule has 4 heteroatoms. The van der Waals surface area contributed by atoms with Gasteiger partial charge in [0.25, 0.3) is 0 Å². The van der Waals surface area contributed by atoms with Gasteiger partial charge in [-0.25, -0.2) is 4.98 Å². The van der Waals surface area contributed by atoms with Gasteiger partial charge in [0.05, 0.1) is 5.56 Å². The fraction of sp³-hybridized carbons (Fsp3) is 0.455. The number of rotatable bonds is 4. The van der Waals surface area contributed by atoms with Gasteiger partial charge in [-0.05, 0) is 32.4 Å². The van der Waals surface area contributed by atoms with Gasteiger partial charge in [0.2, 0.25) is 0 Å². The van der Waals surface area contributed by atoms with Crippen molar-refractivity contribution in [2.45, 2.75) is 20.8 Å².